The van der Waals surface area contributed by atoms with Crippen molar-refractivity contribution in [2.24, 2.45) is 0 Å². The maximum absolute atomic E-state index is 11.3. The molecule has 0 amide bonds. The fourth-order valence-electron chi connectivity index (χ4n) is 0.581. The molecule has 1 aliphatic carbocycles. The summed E-state index contributed by atoms with van der Waals surface area (Å²) in [5.41, 5.74) is 0. The molecule has 0 N–H and O–H groups in total. The predicted octanol–water partition coefficient (Wildman–Crippen LogP) is 1.89. The largest absolute Gasteiger partial charge is 0.522 e. The minimum atomic E-state index is -4.46. The molecule has 0 heterocycles. The average Bonchev–Trinajstić information content (AvgIpc) is 1.53. The Labute approximate surface area is 50.8 Å². The summed E-state index contributed by atoms with van der Waals surface area (Å²) in [7, 11) is 0. The zero-order valence-electron chi connectivity index (χ0n) is 4.61. The predicted molar refractivity (Wildman–Crippen MR) is 24.5 cm³/mol. The molecule has 0 aromatic heterocycles. The van der Waals surface area contributed by atoms with Gasteiger partial charge in [-0.3, -0.25) is 4.74 Å². The number of alkyl halides is 3. The standard InChI is InChI=1S/C5H6F3O/c6-5(7,8)9-4-2-1-3-4/h2,4H,1,3H2. The van der Waals surface area contributed by atoms with Crippen LogP contribution in [-0.2, 0) is 4.74 Å². The summed E-state index contributed by atoms with van der Waals surface area (Å²) >= 11 is 0. The van der Waals surface area contributed by atoms with E-state index in [-0.39, 0.29) is 0 Å². The minimum absolute atomic E-state index is 0.500. The summed E-state index contributed by atoms with van der Waals surface area (Å²) < 4.78 is 37.5. The molecule has 1 aliphatic rings. The Morgan fingerprint density at radius 1 is 1.44 bits per heavy atom. The third-order valence-corrected chi connectivity index (χ3v) is 1.17. The van der Waals surface area contributed by atoms with Crippen LogP contribution in [0, 0.1) is 6.42 Å². The van der Waals surface area contributed by atoms with E-state index in [4.69, 9.17) is 0 Å². The Balaban J connectivity index is 2.16. The van der Waals surface area contributed by atoms with Crippen LogP contribution in [0.5, 0.6) is 0 Å². The maximum Gasteiger partial charge on any atom is 0.522 e. The van der Waals surface area contributed by atoms with Crippen molar-refractivity contribution in [1.82, 2.24) is 0 Å². The molecule has 1 nitrogen and oxygen atoms in total. The van der Waals surface area contributed by atoms with Crippen molar-refractivity contribution < 1.29 is 17.9 Å². The normalized spacial score (nSPS) is 21.7. The van der Waals surface area contributed by atoms with Crippen molar-refractivity contribution >= 4 is 0 Å². The van der Waals surface area contributed by atoms with E-state index in [2.05, 4.69) is 4.74 Å². The highest BCUT2D eigenvalue weighted by Gasteiger charge is 2.35. The quantitative estimate of drug-likeness (QED) is 0.539. The first-order valence-electron chi connectivity index (χ1n) is 2.66. The lowest BCUT2D eigenvalue weighted by atomic mass is 9.96. The van der Waals surface area contributed by atoms with Gasteiger partial charge in [-0.15, -0.1) is 13.2 Å². The lowest BCUT2D eigenvalue weighted by Crippen LogP contribution is -2.29. The number of hydrogen-bond acceptors (Lipinski definition) is 1. The molecular weight excluding hydrogens is 133 g/mol. The first kappa shape index (κ1) is 6.86. The number of ether oxygens (including phenoxy) is 1. The summed E-state index contributed by atoms with van der Waals surface area (Å²) in [6.07, 6.45) is -2.39. The van der Waals surface area contributed by atoms with E-state index in [1.54, 1.807) is 0 Å². The van der Waals surface area contributed by atoms with Gasteiger partial charge < -0.3 is 0 Å². The van der Waals surface area contributed by atoms with Gasteiger partial charge in [-0.2, -0.15) is 0 Å². The second kappa shape index (κ2) is 2.17. The summed E-state index contributed by atoms with van der Waals surface area (Å²) in [6, 6.07) is 0. The van der Waals surface area contributed by atoms with Crippen LogP contribution in [0.2, 0.25) is 0 Å². The molecule has 1 unspecified atom stereocenters. The van der Waals surface area contributed by atoms with Gasteiger partial charge in [0, 0.05) is 0 Å². The maximum atomic E-state index is 11.3. The van der Waals surface area contributed by atoms with Crippen LogP contribution in [-0.4, -0.2) is 12.5 Å². The van der Waals surface area contributed by atoms with E-state index < -0.39 is 12.5 Å². The SMILES string of the molecule is FC(F)(F)OC1[CH]CC1. The molecule has 1 saturated carbocycles. The van der Waals surface area contributed by atoms with Crippen LogP contribution in [0.4, 0.5) is 13.2 Å². The Morgan fingerprint density at radius 3 is 2.11 bits per heavy atom. The Hall–Kier alpha value is -0.250. The molecule has 0 aromatic rings. The van der Waals surface area contributed by atoms with Crippen LogP contribution >= 0.6 is 0 Å². The zero-order chi connectivity index (χ0) is 6.91. The molecule has 1 fully saturated rings. The van der Waals surface area contributed by atoms with Gasteiger partial charge in [-0.05, 0) is 19.3 Å². The molecule has 53 valence electrons. The highest BCUT2D eigenvalue weighted by molar-refractivity contribution is 4.88. The van der Waals surface area contributed by atoms with Crippen LogP contribution in [0.1, 0.15) is 12.8 Å². The van der Waals surface area contributed by atoms with E-state index in [0.29, 0.717) is 6.42 Å². The van der Waals surface area contributed by atoms with Crippen molar-refractivity contribution in [1.29, 1.82) is 0 Å². The van der Waals surface area contributed by atoms with Gasteiger partial charge in [0.25, 0.3) is 0 Å². The van der Waals surface area contributed by atoms with E-state index in [1.165, 1.54) is 6.42 Å². The first-order valence-corrected chi connectivity index (χ1v) is 2.66. The molecule has 0 spiro atoms. The van der Waals surface area contributed by atoms with Crippen molar-refractivity contribution in [2.45, 2.75) is 25.3 Å². The molecule has 0 aliphatic heterocycles. The molecule has 1 atom stereocenters. The van der Waals surface area contributed by atoms with Gasteiger partial charge in [-0.25, -0.2) is 0 Å². The van der Waals surface area contributed by atoms with E-state index in [1.807, 2.05) is 0 Å². The summed E-state index contributed by atoms with van der Waals surface area (Å²) in [4.78, 5) is 0. The third-order valence-electron chi connectivity index (χ3n) is 1.17. The number of rotatable bonds is 1. The van der Waals surface area contributed by atoms with E-state index in [0.717, 1.165) is 6.42 Å². The molecule has 0 bridgehead atoms. The highest BCUT2D eigenvalue weighted by atomic mass is 19.4. The Kier molecular flexibility index (Phi) is 1.66. The van der Waals surface area contributed by atoms with Crippen molar-refractivity contribution in [3.8, 4) is 0 Å². The Morgan fingerprint density at radius 2 is 2.00 bits per heavy atom. The smallest absolute Gasteiger partial charge is 0.288 e. The fourth-order valence-corrected chi connectivity index (χ4v) is 0.581. The van der Waals surface area contributed by atoms with Gasteiger partial charge in [0.1, 0.15) is 0 Å². The average molecular weight is 139 g/mol. The highest BCUT2D eigenvalue weighted by Crippen LogP contribution is 2.28. The van der Waals surface area contributed by atoms with E-state index in [9.17, 15) is 13.2 Å². The minimum Gasteiger partial charge on any atom is -0.288 e. The van der Waals surface area contributed by atoms with Gasteiger partial charge in [0.2, 0.25) is 0 Å². The molecule has 1 radical (unpaired) electrons. The van der Waals surface area contributed by atoms with Crippen molar-refractivity contribution in [3.63, 3.8) is 0 Å². The zero-order valence-corrected chi connectivity index (χ0v) is 4.61. The molecular formula is C5H6F3O. The monoisotopic (exact) mass is 139 g/mol. The molecule has 0 aromatic carbocycles. The second-order valence-corrected chi connectivity index (χ2v) is 1.92. The van der Waals surface area contributed by atoms with Crippen LogP contribution in [0.3, 0.4) is 0 Å². The fraction of sp³-hybridized carbons (Fsp3) is 0.800. The van der Waals surface area contributed by atoms with Crippen LogP contribution < -0.4 is 0 Å². The summed E-state index contributed by atoms with van der Waals surface area (Å²) in [5.74, 6) is 0. The lowest BCUT2D eigenvalue weighted by Gasteiger charge is -2.25. The second-order valence-electron chi connectivity index (χ2n) is 1.92. The molecule has 4 heteroatoms. The summed E-state index contributed by atoms with van der Waals surface area (Å²) in [5, 5.41) is 0. The van der Waals surface area contributed by atoms with Crippen molar-refractivity contribution in [2.75, 3.05) is 0 Å². The van der Waals surface area contributed by atoms with Gasteiger partial charge in [-0.1, -0.05) is 0 Å². The topological polar surface area (TPSA) is 9.23 Å². The first-order chi connectivity index (χ1) is 4.08. The number of hydrogen-bond donors (Lipinski definition) is 0. The van der Waals surface area contributed by atoms with Gasteiger partial charge in [0.05, 0.1) is 6.10 Å². The van der Waals surface area contributed by atoms with Gasteiger partial charge in [0.15, 0.2) is 0 Å². The third kappa shape index (κ3) is 2.22. The Bertz CT molecular complexity index is 94.9. The lowest BCUT2D eigenvalue weighted by molar-refractivity contribution is -0.343. The number of halogens is 3. The molecule has 1 rings (SSSR count). The van der Waals surface area contributed by atoms with Crippen molar-refractivity contribution in [3.05, 3.63) is 6.42 Å². The molecule has 0 saturated heterocycles. The van der Waals surface area contributed by atoms with E-state index >= 15 is 0 Å². The van der Waals surface area contributed by atoms with Crippen LogP contribution in [0.15, 0.2) is 0 Å². The summed E-state index contributed by atoms with van der Waals surface area (Å²) in [6.45, 7) is 0. The van der Waals surface area contributed by atoms with Gasteiger partial charge >= 0.3 is 6.36 Å². The van der Waals surface area contributed by atoms with Crippen LogP contribution in [0.25, 0.3) is 0 Å². The molecule has 9 heavy (non-hydrogen) atoms.